The Kier molecular flexibility index (Phi) is 8.64. The standard InChI is InChI=1S/C47H46N4O/c48-41(43-19-10-11-27-50-43)17-7-6-16-37-36-15-5-4-14-34(36)29-40-39-28-33(23-26-46(39)52-47(37)40)31-21-24-35(25-22-31)51(44-20-9-8-18-42(44)49)45-30-38(45)32-12-2-1-3-13-32/h1-2,4-12,14-15,17-22,24,27-29,34-36,38,45H,3,13,16,23,25-26,30,48-49H2/b7-6-,41-17-. The van der Waals surface area contributed by atoms with Crippen LogP contribution in [0.25, 0.3) is 23.4 Å². The summed E-state index contributed by atoms with van der Waals surface area (Å²) in [6.45, 7) is 0. The molecule has 0 bridgehead atoms. The lowest BCUT2D eigenvalue weighted by atomic mass is 9.77. The first-order chi connectivity index (χ1) is 25.6. The van der Waals surface area contributed by atoms with E-state index in [1.165, 1.54) is 40.3 Å². The van der Waals surface area contributed by atoms with Gasteiger partial charge in [0.15, 0.2) is 0 Å². The zero-order valence-electron chi connectivity index (χ0n) is 29.6. The Morgan fingerprint density at radius 3 is 2.73 bits per heavy atom. The van der Waals surface area contributed by atoms with Gasteiger partial charge >= 0.3 is 0 Å². The van der Waals surface area contributed by atoms with E-state index >= 15 is 0 Å². The molecule has 1 saturated carbocycles. The van der Waals surface area contributed by atoms with E-state index in [0.717, 1.165) is 60.3 Å². The van der Waals surface area contributed by atoms with Gasteiger partial charge in [-0.15, -0.1) is 0 Å². The number of anilines is 2. The summed E-state index contributed by atoms with van der Waals surface area (Å²) in [4.78, 5) is 6.99. The molecule has 52 heavy (non-hydrogen) atoms. The van der Waals surface area contributed by atoms with Crippen molar-refractivity contribution in [3.05, 3.63) is 172 Å². The molecule has 0 aliphatic heterocycles. The van der Waals surface area contributed by atoms with Crippen LogP contribution in [-0.2, 0) is 6.42 Å². The topological polar surface area (TPSA) is 81.3 Å². The molecule has 9 rings (SSSR count). The second-order valence-corrected chi connectivity index (χ2v) is 14.8. The summed E-state index contributed by atoms with van der Waals surface area (Å²) >= 11 is 0. The van der Waals surface area contributed by atoms with Crippen LogP contribution in [0.15, 0.2) is 149 Å². The maximum Gasteiger partial charge on any atom is 0.134 e. The fourth-order valence-electron chi connectivity index (χ4n) is 8.86. The highest BCUT2D eigenvalue weighted by Crippen LogP contribution is 2.48. The number of rotatable bonds is 9. The Bertz CT molecular complexity index is 2290. The summed E-state index contributed by atoms with van der Waals surface area (Å²) < 4.78 is 6.76. The average Bonchev–Trinajstić information content (AvgIpc) is 3.90. The van der Waals surface area contributed by atoms with Crippen molar-refractivity contribution in [1.82, 2.24) is 4.98 Å². The lowest BCUT2D eigenvalue weighted by Gasteiger charge is -2.35. The van der Waals surface area contributed by atoms with Crippen LogP contribution in [0.5, 0.6) is 0 Å². The van der Waals surface area contributed by atoms with Crippen molar-refractivity contribution >= 4 is 34.8 Å². The summed E-state index contributed by atoms with van der Waals surface area (Å²) in [5.41, 5.74) is 24.3. The molecule has 5 atom stereocenters. The van der Waals surface area contributed by atoms with Crippen LogP contribution in [-0.4, -0.2) is 17.1 Å². The van der Waals surface area contributed by atoms with Gasteiger partial charge in [0.2, 0.25) is 0 Å². The van der Waals surface area contributed by atoms with Gasteiger partial charge in [-0.1, -0.05) is 103 Å². The molecule has 5 unspecified atom stereocenters. The van der Waals surface area contributed by atoms with Crippen molar-refractivity contribution in [1.29, 1.82) is 0 Å². The fourth-order valence-corrected chi connectivity index (χ4v) is 8.86. The van der Waals surface area contributed by atoms with Gasteiger partial charge in [0.05, 0.1) is 28.8 Å². The highest BCUT2D eigenvalue weighted by Gasteiger charge is 2.46. The zero-order valence-corrected chi connectivity index (χ0v) is 29.6. The molecule has 0 amide bonds. The monoisotopic (exact) mass is 682 g/mol. The number of pyridine rings is 1. The predicted octanol–water partition coefficient (Wildman–Crippen LogP) is 8.26. The normalized spacial score (nSPS) is 25.8. The maximum atomic E-state index is 6.76. The van der Waals surface area contributed by atoms with E-state index in [2.05, 4.69) is 101 Å². The third kappa shape index (κ3) is 6.19. The molecule has 6 aliphatic rings. The van der Waals surface area contributed by atoms with Crippen LogP contribution in [0.1, 0.15) is 55.5 Å². The lowest BCUT2D eigenvalue weighted by molar-refractivity contribution is 0.466. The second-order valence-electron chi connectivity index (χ2n) is 14.8. The molecule has 4 N–H and O–H groups in total. The molecule has 5 heteroatoms. The van der Waals surface area contributed by atoms with Gasteiger partial charge in [-0.25, -0.2) is 0 Å². The molecule has 5 nitrogen and oxygen atoms in total. The van der Waals surface area contributed by atoms with E-state index in [9.17, 15) is 0 Å². The summed E-state index contributed by atoms with van der Waals surface area (Å²) in [6.07, 6.45) is 43.1. The average molecular weight is 683 g/mol. The Morgan fingerprint density at radius 2 is 1.90 bits per heavy atom. The molecule has 260 valence electrons. The van der Waals surface area contributed by atoms with Crippen molar-refractivity contribution in [2.75, 3.05) is 10.6 Å². The number of allylic oxidation sites excluding steroid dienone is 13. The number of fused-ring (bicyclic) bond motifs is 4. The number of aromatic nitrogens is 1. The number of nitrogen functional groups attached to an aromatic ring is 1. The van der Waals surface area contributed by atoms with Gasteiger partial charge in [-0.05, 0) is 91.7 Å². The molecule has 1 fully saturated rings. The largest absolute Gasteiger partial charge is 0.460 e. The van der Waals surface area contributed by atoms with Gasteiger partial charge in [-0.2, -0.15) is 0 Å². The molecule has 3 aromatic rings. The number of hydrogen-bond acceptors (Lipinski definition) is 5. The number of nitrogens with zero attached hydrogens (tertiary/aromatic N) is 2. The summed E-state index contributed by atoms with van der Waals surface area (Å²) in [7, 11) is 0. The first-order valence-electron chi connectivity index (χ1n) is 19.0. The number of benzene rings is 1. The van der Waals surface area contributed by atoms with Crippen molar-refractivity contribution in [2.45, 2.75) is 57.0 Å². The number of hydrogen-bond donors (Lipinski definition) is 2. The Balaban J connectivity index is 0.989. The van der Waals surface area contributed by atoms with Crippen LogP contribution in [0.2, 0.25) is 0 Å². The van der Waals surface area contributed by atoms with Crippen molar-refractivity contribution in [3.8, 4) is 0 Å². The molecular weight excluding hydrogens is 637 g/mol. The summed E-state index contributed by atoms with van der Waals surface area (Å²) in [5, 5.41) is 1.25. The zero-order chi connectivity index (χ0) is 35.0. The fraction of sp³-hybridized carbons (Fsp3) is 0.255. The van der Waals surface area contributed by atoms with Crippen LogP contribution < -0.4 is 27.0 Å². The Hall–Kier alpha value is -5.55. The van der Waals surface area contributed by atoms with Gasteiger partial charge in [0, 0.05) is 47.2 Å². The number of aryl methyl sites for hydroxylation is 1. The van der Waals surface area contributed by atoms with Gasteiger partial charge in [0.25, 0.3) is 0 Å². The number of furan rings is 1. The van der Waals surface area contributed by atoms with E-state index in [1.807, 2.05) is 42.5 Å². The van der Waals surface area contributed by atoms with Crippen molar-refractivity contribution in [3.63, 3.8) is 0 Å². The number of nitrogens with two attached hydrogens (primary N) is 2. The molecular formula is C47H46N4O. The molecule has 0 saturated heterocycles. The number of para-hydroxylation sites is 2. The first-order valence-corrected chi connectivity index (χ1v) is 19.0. The quantitative estimate of drug-likeness (QED) is 0.176. The second kappa shape index (κ2) is 13.9. The summed E-state index contributed by atoms with van der Waals surface area (Å²) in [5.74, 6) is 2.31. The highest BCUT2D eigenvalue weighted by atomic mass is 16.3. The molecule has 0 spiro atoms. The van der Waals surface area contributed by atoms with E-state index in [0.29, 0.717) is 23.6 Å². The highest BCUT2D eigenvalue weighted by molar-refractivity contribution is 5.72. The SMILES string of the molecule is N/C(=C\C=C/CC1=c2oc3c(c2=CC2C=CC=CC12)C=C(C1=CCC(N(c2ccccc2N)C2CC2C2=CC=CCC2)C=C1)CC3)c1ccccn1. The van der Waals surface area contributed by atoms with E-state index < -0.39 is 0 Å². The minimum absolute atomic E-state index is 0.278. The van der Waals surface area contributed by atoms with Gasteiger partial charge in [-0.3, -0.25) is 4.98 Å². The van der Waals surface area contributed by atoms with Crippen LogP contribution in [0.4, 0.5) is 11.4 Å². The Labute approximate surface area is 306 Å². The van der Waals surface area contributed by atoms with Crippen molar-refractivity contribution in [2.24, 2.45) is 23.5 Å². The third-order valence-electron chi connectivity index (χ3n) is 11.6. The lowest BCUT2D eigenvalue weighted by Crippen LogP contribution is -2.38. The summed E-state index contributed by atoms with van der Waals surface area (Å²) in [6, 6.07) is 15.0. The van der Waals surface area contributed by atoms with E-state index in [-0.39, 0.29) is 12.0 Å². The third-order valence-corrected chi connectivity index (χ3v) is 11.6. The predicted molar refractivity (Wildman–Crippen MR) is 215 cm³/mol. The Morgan fingerprint density at radius 1 is 1.00 bits per heavy atom. The van der Waals surface area contributed by atoms with Gasteiger partial charge in [0.1, 0.15) is 11.2 Å². The molecule has 1 aromatic carbocycles. The minimum atomic E-state index is 0.278. The minimum Gasteiger partial charge on any atom is -0.460 e. The van der Waals surface area contributed by atoms with E-state index in [1.54, 1.807) is 11.8 Å². The van der Waals surface area contributed by atoms with Crippen LogP contribution in [0.3, 0.4) is 0 Å². The van der Waals surface area contributed by atoms with E-state index in [4.69, 9.17) is 15.9 Å². The van der Waals surface area contributed by atoms with Crippen molar-refractivity contribution < 1.29 is 4.42 Å². The van der Waals surface area contributed by atoms with Crippen LogP contribution in [0, 0.1) is 17.8 Å². The van der Waals surface area contributed by atoms with Gasteiger partial charge < -0.3 is 20.8 Å². The van der Waals surface area contributed by atoms with Crippen LogP contribution >= 0.6 is 0 Å². The smallest absolute Gasteiger partial charge is 0.134 e. The maximum absolute atomic E-state index is 6.76. The first kappa shape index (κ1) is 32.4. The molecule has 2 aromatic heterocycles. The molecule has 0 radical (unpaired) electrons. The molecule has 6 aliphatic carbocycles. The molecule has 2 heterocycles.